The monoisotopic (exact) mass is 342 g/mol. The predicted octanol–water partition coefficient (Wildman–Crippen LogP) is 0.439. The van der Waals surface area contributed by atoms with E-state index >= 15 is 0 Å². The second-order valence-electron chi connectivity index (χ2n) is 6.97. The lowest BCUT2D eigenvalue weighted by Crippen LogP contribution is -2.73. The minimum atomic E-state index is -0.360. The summed E-state index contributed by atoms with van der Waals surface area (Å²) in [5.74, 6) is -0.0517. The van der Waals surface area contributed by atoms with Crippen molar-refractivity contribution in [1.82, 2.24) is 20.1 Å². The number of amides is 2. The predicted molar refractivity (Wildman–Crippen MR) is 93.4 cm³/mol. The molecule has 132 valence electrons. The van der Waals surface area contributed by atoms with Crippen LogP contribution in [0.4, 0.5) is 0 Å². The molecule has 1 unspecified atom stereocenters. The summed E-state index contributed by atoms with van der Waals surface area (Å²) in [6.45, 7) is 2.09. The molecule has 0 radical (unpaired) electrons. The van der Waals surface area contributed by atoms with Crippen LogP contribution >= 0.6 is 0 Å². The zero-order chi connectivity index (χ0) is 17.6. The molecule has 1 aromatic carbocycles. The largest absolute Gasteiger partial charge is 0.368 e. The van der Waals surface area contributed by atoms with Gasteiger partial charge in [-0.25, -0.2) is 0 Å². The van der Waals surface area contributed by atoms with Gasteiger partial charge in [-0.15, -0.1) is 0 Å². The Labute approximate surface area is 145 Å². The number of H-pyrrole nitrogens is 1. The molecule has 2 N–H and O–H groups in total. The van der Waals surface area contributed by atoms with Gasteiger partial charge in [0.15, 0.2) is 0 Å². The number of hydrogen-bond acceptors (Lipinski definition) is 4. The van der Waals surface area contributed by atoms with Crippen LogP contribution < -0.4 is 5.32 Å². The van der Waals surface area contributed by atoms with Crippen molar-refractivity contribution in [2.75, 3.05) is 40.3 Å². The average Bonchev–Trinajstić information content (AvgIpc) is 3.02. The van der Waals surface area contributed by atoms with Crippen LogP contribution in [0.1, 0.15) is 10.5 Å². The normalized spacial score (nSPS) is 22.8. The molecule has 1 atom stereocenters. The fourth-order valence-corrected chi connectivity index (χ4v) is 3.78. The van der Waals surface area contributed by atoms with Crippen molar-refractivity contribution in [1.29, 1.82) is 0 Å². The Morgan fingerprint density at radius 2 is 2.04 bits per heavy atom. The molecule has 3 heterocycles. The van der Waals surface area contributed by atoms with Gasteiger partial charge in [0.1, 0.15) is 17.3 Å². The molecule has 0 bridgehead atoms. The van der Waals surface area contributed by atoms with E-state index in [1.165, 1.54) is 0 Å². The number of para-hydroxylation sites is 1. The van der Waals surface area contributed by atoms with E-state index in [1.807, 2.05) is 42.3 Å². The maximum absolute atomic E-state index is 12.7. The van der Waals surface area contributed by atoms with Crippen LogP contribution in [0.3, 0.4) is 0 Å². The second-order valence-corrected chi connectivity index (χ2v) is 6.97. The molecular formula is C18H22N4O3. The molecule has 2 aromatic rings. The average molecular weight is 342 g/mol. The molecule has 25 heavy (non-hydrogen) atoms. The highest BCUT2D eigenvalue weighted by Crippen LogP contribution is 2.32. The van der Waals surface area contributed by atoms with Crippen LogP contribution in [0, 0.1) is 0 Å². The number of aromatic amines is 1. The van der Waals surface area contributed by atoms with Crippen LogP contribution in [0.15, 0.2) is 30.3 Å². The highest BCUT2D eigenvalue weighted by atomic mass is 16.5. The molecule has 1 aromatic heterocycles. The van der Waals surface area contributed by atoms with Crippen LogP contribution in [0.25, 0.3) is 10.9 Å². The lowest BCUT2D eigenvalue weighted by atomic mass is 9.90. The third-order valence-corrected chi connectivity index (χ3v) is 5.17. The van der Waals surface area contributed by atoms with Crippen molar-refractivity contribution in [3.8, 4) is 0 Å². The number of likely N-dealkylation sites (tertiary alicyclic amines) is 1. The van der Waals surface area contributed by atoms with Crippen molar-refractivity contribution in [2.45, 2.75) is 11.6 Å². The van der Waals surface area contributed by atoms with E-state index in [4.69, 9.17) is 4.74 Å². The number of fused-ring (bicyclic) bond motifs is 1. The Hall–Kier alpha value is -2.38. The number of morpholine rings is 1. The molecule has 2 aliphatic heterocycles. The SMILES string of the molecule is CNC(=O)C1COC2(CN(C(=O)c3cc4ccccc4[nH]3)C2)CN1C. The zero-order valence-electron chi connectivity index (χ0n) is 14.4. The van der Waals surface area contributed by atoms with E-state index in [0.29, 0.717) is 31.9 Å². The molecule has 4 rings (SSSR count). The summed E-state index contributed by atoms with van der Waals surface area (Å²) >= 11 is 0. The summed E-state index contributed by atoms with van der Waals surface area (Å²) in [6.07, 6.45) is 0. The van der Waals surface area contributed by atoms with Gasteiger partial charge in [0.2, 0.25) is 5.91 Å². The fraction of sp³-hybridized carbons (Fsp3) is 0.444. The number of rotatable bonds is 2. The van der Waals surface area contributed by atoms with Gasteiger partial charge in [-0.2, -0.15) is 0 Å². The summed E-state index contributed by atoms with van der Waals surface area (Å²) in [6, 6.07) is 9.46. The van der Waals surface area contributed by atoms with E-state index in [0.717, 1.165) is 10.9 Å². The molecule has 7 nitrogen and oxygen atoms in total. The van der Waals surface area contributed by atoms with Crippen molar-refractivity contribution >= 4 is 22.7 Å². The maximum atomic E-state index is 12.7. The zero-order valence-corrected chi connectivity index (χ0v) is 14.4. The van der Waals surface area contributed by atoms with Crippen LogP contribution in [0.5, 0.6) is 0 Å². The fourth-order valence-electron chi connectivity index (χ4n) is 3.78. The van der Waals surface area contributed by atoms with Gasteiger partial charge in [0.25, 0.3) is 5.91 Å². The summed E-state index contributed by atoms with van der Waals surface area (Å²) < 4.78 is 5.98. The summed E-state index contributed by atoms with van der Waals surface area (Å²) in [4.78, 5) is 31.5. The van der Waals surface area contributed by atoms with Gasteiger partial charge in [0.05, 0.1) is 19.7 Å². The number of hydrogen-bond donors (Lipinski definition) is 2. The van der Waals surface area contributed by atoms with Gasteiger partial charge in [-0.1, -0.05) is 18.2 Å². The van der Waals surface area contributed by atoms with E-state index in [-0.39, 0.29) is 23.5 Å². The summed E-state index contributed by atoms with van der Waals surface area (Å²) in [5.41, 5.74) is 1.20. The molecule has 0 aliphatic carbocycles. The van der Waals surface area contributed by atoms with Crippen LogP contribution in [-0.2, 0) is 9.53 Å². The molecule has 2 aliphatic rings. The lowest BCUT2D eigenvalue weighted by Gasteiger charge is -2.54. The summed E-state index contributed by atoms with van der Waals surface area (Å²) in [5, 5.41) is 3.69. The van der Waals surface area contributed by atoms with E-state index in [1.54, 1.807) is 11.9 Å². The first-order chi connectivity index (χ1) is 12.0. The standard InChI is InChI=1S/C18H22N4O3/c1-19-16(23)15-8-25-18(9-21(15)2)10-22(11-18)17(24)14-7-12-5-3-4-6-13(12)20-14/h3-7,15,20H,8-11H2,1-2H3,(H,19,23). The quantitative estimate of drug-likeness (QED) is 0.830. The Morgan fingerprint density at radius 1 is 1.28 bits per heavy atom. The van der Waals surface area contributed by atoms with E-state index in [2.05, 4.69) is 10.3 Å². The number of ether oxygens (including phenoxy) is 1. The van der Waals surface area contributed by atoms with Crippen molar-refractivity contribution in [3.63, 3.8) is 0 Å². The minimum absolute atomic E-state index is 0.0125. The Kier molecular flexibility index (Phi) is 3.77. The first-order valence-corrected chi connectivity index (χ1v) is 8.44. The van der Waals surface area contributed by atoms with Gasteiger partial charge < -0.3 is 19.9 Å². The number of carbonyl (C=O) groups excluding carboxylic acids is 2. The molecular weight excluding hydrogens is 320 g/mol. The number of aromatic nitrogens is 1. The third kappa shape index (κ3) is 2.69. The van der Waals surface area contributed by atoms with Gasteiger partial charge in [-0.05, 0) is 19.2 Å². The summed E-state index contributed by atoms with van der Waals surface area (Å²) in [7, 11) is 3.55. The number of nitrogens with zero attached hydrogens (tertiary/aromatic N) is 2. The number of nitrogens with one attached hydrogen (secondary N) is 2. The Balaban J connectivity index is 1.41. The van der Waals surface area contributed by atoms with E-state index < -0.39 is 0 Å². The van der Waals surface area contributed by atoms with Crippen LogP contribution in [0.2, 0.25) is 0 Å². The highest BCUT2D eigenvalue weighted by Gasteiger charge is 2.51. The van der Waals surface area contributed by atoms with Gasteiger partial charge >= 0.3 is 0 Å². The van der Waals surface area contributed by atoms with Crippen molar-refractivity contribution < 1.29 is 14.3 Å². The number of likely N-dealkylation sites (N-methyl/N-ethyl adjacent to an activating group) is 2. The molecule has 0 saturated carbocycles. The first-order valence-electron chi connectivity index (χ1n) is 8.44. The topological polar surface area (TPSA) is 77.7 Å². The second kappa shape index (κ2) is 5.86. The van der Waals surface area contributed by atoms with Crippen molar-refractivity contribution in [2.24, 2.45) is 0 Å². The lowest BCUT2D eigenvalue weighted by molar-refractivity contribution is -0.187. The number of benzene rings is 1. The highest BCUT2D eigenvalue weighted by molar-refractivity contribution is 5.98. The van der Waals surface area contributed by atoms with Gasteiger partial charge in [-0.3, -0.25) is 14.5 Å². The maximum Gasteiger partial charge on any atom is 0.270 e. The molecule has 2 fully saturated rings. The van der Waals surface area contributed by atoms with E-state index in [9.17, 15) is 9.59 Å². The number of carbonyl (C=O) groups is 2. The van der Waals surface area contributed by atoms with Gasteiger partial charge in [0, 0.05) is 24.5 Å². The Morgan fingerprint density at radius 3 is 2.72 bits per heavy atom. The smallest absolute Gasteiger partial charge is 0.270 e. The first kappa shape index (κ1) is 16.1. The van der Waals surface area contributed by atoms with Crippen LogP contribution in [-0.4, -0.2) is 78.6 Å². The minimum Gasteiger partial charge on any atom is -0.368 e. The third-order valence-electron chi connectivity index (χ3n) is 5.17. The molecule has 2 saturated heterocycles. The molecule has 1 spiro atoms. The molecule has 7 heteroatoms. The Bertz CT molecular complexity index is 792. The van der Waals surface area contributed by atoms with Crippen molar-refractivity contribution in [3.05, 3.63) is 36.0 Å². The molecule has 2 amide bonds.